The number of hydrogen-bond acceptors (Lipinski definition) is 6. The highest BCUT2D eigenvalue weighted by molar-refractivity contribution is 5.16. The van der Waals surface area contributed by atoms with E-state index in [1.807, 2.05) is 30.3 Å². The van der Waals surface area contributed by atoms with Gasteiger partial charge >= 0.3 is 0 Å². The van der Waals surface area contributed by atoms with Gasteiger partial charge in [-0.15, -0.1) is 0 Å². The van der Waals surface area contributed by atoms with Gasteiger partial charge in [0.25, 0.3) is 0 Å². The zero-order valence-corrected chi connectivity index (χ0v) is 11.1. The van der Waals surface area contributed by atoms with Gasteiger partial charge in [-0.25, -0.2) is 0 Å². The molecule has 2 saturated heterocycles. The predicted molar refractivity (Wildman–Crippen MR) is 67.5 cm³/mol. The van der Waals surface area contributed by atoms with Crippen molar-refractivity contribution < 1.29 is 29.2 Å². The number of ether oxygens (including phenoxy) is 4. The standard InChI is InChI=1S/C14H18O6/c1-17-13-11(16)10(15)7-14(20-13)8-18-12(19-14)9-5-3-2-4-6-9/h2-6,10-13,15-16H,7-8H2,1H3. The minimum absolute atomic E-state index is 0.136. The Balaban J connectivity index is 1.75. The van der Waals surface area contributed by atoms with Crippen molar-refractivity contribution in [3.63, 3.8) is 0 Å². The van der Waals surface area contributed by atoms with Gasteiger partial charge in [0, 0.05) is 19.1 Å². The number of hydrogen-bond donors (Lipinski definition) is 2. The summed E-state index contributed by atoms with van der Waals surface area (Å²) >= 11 is 0. The second-order valence-corrected chi connectivity index (χ2v) is 5.07. The Labute approximate surface area is 116 Å². The van der Waals surface area contributed by atoms with Crippen LogP contribution in [0.4, 0.5) is 0 Å². The van der Waals surface area contributed by atoms with Crippen LogP contribution in [0, 0.1) is 0 Å². The summed E-state index contributed by atoms with van der Waals surface area (Å²) in [6, 6.07) is 9.49. The topological polar surface area (TPSA) is 77.4 Å². The molecule has 0 aromatic heterocycles. The van der Waals surface area contributed by atoms with E-state index < -0.39 is 30.6 Å². The molecule has 2 N–H and O–H groups in total. The highest BCUT2D eigenvalue weighted by atomic mass is 16.9. The number of aliphatic hydroxyl groups excluding tert-OH is 2. The van der Waals surface area contributed by atoms with Crippen molar-refractivity contribution >= 4 is 0 Å². The van der Waals surface area contributed by atoms with Crippen molar-refractivity contribution in [1.29, 1.82) is 0 Å². The van der Waals surface area contributed by atoms with E-state index in [0.29, 0.717) is 0 Å². The summed E-state index contributed by atoms with van der Waals surface area (Å²) in [5, 5.41) is 19.7. The van der Waals surface area contributed by atoms with Gasteiger partial charge in [0.05, 0.1) is 6.10 Å². The molecule has 6 nitrogen and oxygen atoms in total. The first-order chi connectivity index (χ1) is 9.63. The average molecular weight is 282 g/mol. The van der Waals surface area contributed by atoms with Crippen LogP contribution in [0.15, 0.2) is 30.3 Å². The molecule has 0 bridgehead atoms. The number of rotatable bonds is 2. The summed E-state index contributed by atoms with van der Waals surface area (Å²) in [5.41, 5.74) is 0.877. The van der Waals surface area contributed by atoms with Gasteiger partial charge in [-0.3, -0.25) is 0 Å². The molecule has 0 amide bonds. The van der Waals surface area contributed by atoms with Gasteiger partial charge in [0.1, 0.15) is 12.7 Å². The third kappa shape index (κ3) is 2.46. The normalized spacial score (nSPS) is 41.1. The second-order valence-electron chi connectivity index (χ2n) is 5.07. The molecule has 0 aliphatic carbocycles. The Morgan fingerprint density at radius 1 is 1.20 bits per heavy atom. The van der Waals surface area contributed by atoms with Gasteiger partial charge < -0.3 is 29.2 Å². The molecular weight excluding hydrogens is 264 g/mol. The van der Waals surface area contributed by atoms with Crippen LogP contribution in [0.3, 0.4) is 0 Å². The molecular formula is C14H18O6. The SMILES string of the molecule is COC1OC2(COC(c3ccccc3)O2)CC(O)C1O. The van der Waals surface area contributed by atoms with Crippen LogP contribution in [-0.2, 0) is 18.9 Å². The van der Waals surface area contributed by atoms with Crippen LogP contribution in [0.25, 0.3) is 0 Å². The predicted octanol–water partition coefficient (Wildman–Crippen LogP) is 0.543. The Kier molecular flexibility index (Phi) is 3.76. The first-order valence-electron chi connectivity index (χ1n) is 6.55. The fraction of sp³-hybridized carbons (Fsp3) is 0.571. The van der Waals surface area contributed by atoms with E-state index in [2.05, 4.69) is 0 Å². The molecule has 6 heteroatoms. The van der Waals surface area contributed by atoms with Crippen molar-refractivity contribution in [3.8, 4) is 0 Å². The zero-order valence-electron chi connectivity index (χ0n) is 11.1. The maximum atomic E-state index is 9.92. The highest BCUT2D eigenvalue weighted by Gasteiger charge is 2.52. The highest BCUT2D eigenvalue weighted by Crippen LogP contribution is 2.41. The molecule has 0 radical (unpaired) electrons. The lowest BCUT2D eigenvalue weighted by Crippen LogP contribution is -2.56. The van der Waals surface area contributed by atoms with Crippen LogP contribution in [0.2, 0.25) is 0 Å². The van der Waals surface area contributed by atoms with Gasteiger partial charge in [0.15, 0.2) is 12.6 Å². The molecule has 1 aromatic carbocycles. The summed E-state index contributed by atoms with van der Waals surface area (Å²) in [5.74, 6) is -1.08. The van der Waals surface area contributed by atoms with Crippen molar-refractivity contribution in [1.82, 2.24) is 0 Å². The smallest absolute Gasteiger partial charge is 0.200 e. The molecule has 3 rings (SSSR count). The van der Waals surface area contributed by atoms with Crippen molar-refractivity contribution in [3.05, 3.63) is 35.9 Å². The van der Waals surface area contributed by atoms with E-state index in [1.54, 1.807) is 0 Å². The third-order valence-corrected chi connectivity index (χ3v) is 3.60. The Bertz CT molecular complexity index is 452. The molecule has 1 aromatic rings. The maximum Gasteiger partial charge on any atom is 0.200 e. The lowest BCUT2D eigenvalue weighted by molar-refractivity contribution is -0.356. The summed E-state index contributed by atoms with van der Waals surface area (Å²) in [4.78, 5) is 0. The van der Waals surface area contributed by atoms with E-state index in [1.165, 1.54) is 7.11 Å². The van der Waals surface area contributed by atoms with Gasteiger partial charge in [0.2, 0.25) is 5.79 Å². The minimum atomic E-state index is -1.09. The first-order valence-corrected chi connectivity index (χ1v) is 6.55. The average Bonchev–Trinajstić information content (AvgIpc) is 2.88. The quantitative estimate of drug-likeness (QED) is 0.824. The lowest BCUT2D eigenvalue weighted by Gasteiger charge is -2.41. The number of benzene rings is 1. The number of aliphatic hydroxyl groups is 2. The molecule has 1 spiro atoms. The molecule has 2 heterocycles. The summed E-state index contributed by atoms with van der Waals surface area (Å²) in [7, 11) is 1.41. The monoisotopic (exact) mass is 282 g/mol. The van der Waals surface area contributed by atoms with Crippen LogP contribution in [-0.4, -0.2) is 48.2 Å². The molecule has 110 valence electrons. The molecule has 20 heavy (non-hydrogen) atoms. The molecule has 0 saturated carbocycles. The summed E-state index contributed by atoms with van der Waals surface area (Å²) in [6.45, 7) is 0.177. The van der Waals surface area contributed by atoms with Crippen LogP contribution < -0.4 is 0 Å². The van der Waals surface area contributed by atoms with Crippen molar-refractivity contribution in [2.45, 2.75) is 37.0 Å². The largest absolute Gasteiger partial charge is 0.390 e. The van der Waals surface area contributed by atoms with E-state index in [-0.39, 0.29) is 13.0 Å². The second kappa shape index (κ2) is 5.40. The summed E-state index contributed by atoms with van der Waals surface area (Å²) < 4.78 is 22.1. The van der Waals surface area contributed by atoms with Gasteiger partial charge in [-0.1, -0.05) is 30.3 Å². The maximum absolute atomic E-state index is 9.92. The first kappa shape index (κ1) is 13.9. The Morgan fingerprint density at radius 3 is 2.65 bits per heavy atom. The fourth-order valence-electron chi connectivity index (χ4n) is 2.55. The number of methoxy groups -OCH3 is 1. The lowest BCUT2D eigenvalue weighted by atomic mass is 10.00. The van der Waals surface area contributed by atoms with E-state index >= 15 is 0 Å². The van der Waals surface area contributed by atoms with Crippen LogP contribution in [0.5, 0.6) is 0 Å². The molecule has 2 aliphatic heterocycles. The van der Waals surface area contributed by atoms with Crippen molar-refractivity contribution in [2.24, 2.45) is 0 Å². The third-order valence-electron chi connectivity index (χ3n) is 3.60. The molecule has 5 atom stereocenters. The van der Waals surface area contributed by atoms with Crippen molar-refractivity contribution in [2.75, 3.05) is 13.7 Å². The summed E-state index contributed by atoms with van der Waals surface area (Å²) in [6.07, 6.45) is -3.41. The van der Waals surface area contributed by atoms with E-state index in [0.717, 1.165) is 5.56 Å². The Morgan fingerprint density at radius 2 is 1.95 bits per heavy atom. The van der Waals surface area contributed by atoms with Crippen LogP contribution >= 0.6 is 0 Å². The molecule has 5 unspecified atom stereocenters. The minimum Gasteiger partial charge on any atom is -0.390 e. The van der Waals surface area contributed by atoms with Crippen LogP contribution in [0.1, 0.15) is 18.3 Å². The fourth-order valence-corrected chi connectivity index (χ4v) is 2.55. The van der Waals surface area contributed by atoms with E-state index in [9.17, 15) is 10.2 Å². The molecule has 2 fully saturated rings. The zero-order chi connectivity index (χ0) is 14.2. The van der Waals surface area contributed by atoms with Gasteiger partial charge in [-0.05, 0) is 0 Å². The Hall–Kier alpha value is -1.02. The molecule has 2 aliphatic rings. The van der Waals surface area contributed by atoms with Gasteiger partial charge in [-0.2, -0.15) is 0 Å². The van der Waals surface area contributed by atoms with E-state index in [4.69, 9.17) is 18.9 Å².